The van der Waals surface area contributed by atoms with Crippen molar-refractivity contribution in [3.8, 4) is 0 Å². The Morgan fingerprint density at radius 1 is 1.40 bits per heavy atom. The molecule has 1 aromatic heterocycles. The van der Waals surface area contributed by atoms with Gasteiger partial charge in [0.25, 0.3) is 5.56 Å². The number of carbonyl (C=O) groups is 1. The summed E-state index contributed by atoms with van der Waals surface area (Å²) in [6.07, 6.45) is 0.742. The summed E-state index contributed by atoms with van der Waals surface area (Å²) >= 11 is 0. The molecule has 1 aliphatic heterocycles. The molecular weight excluding hydrogens is 332 g/mol. The highest BCUT2D eigenvalue weighted by molar-refractivity contribution is 5.69. The highest BCUT2D eigenvalue weighted by atomic mass is 16.5. The predicted molar refractivity (Wildman–Crippen MR) is 86.9 cm³/mol. The van der Waals surface area contributed by atoms with Crippen molar-refractivity contribution in [3.05, 3.63) is 33.1 Å². The number of ether oxygens (including phenoxy) is 2. The molecule has 9 heteroatoms. The molecule has 3 N–H and O–H groups in total. The molecule has 0 saturated carbocycles. The van der Waals surface area contributed by atoms with Gasteiger partial charge in [-0.15, -0.1) is 0 Å². The molecule has 1 fully saturated rings. The molecule has 0 aromatic carbocycles. The Morgan fingerprint density at radius 2 is 2.16 bits per heavy atom. The molecule has 140 valence electrons. The van der Waals surface area contributed by atoms with Gasteiger partial charge in [0.1, 0.15) is 12.3 Å². The van der Waals surface area contributed by atoms with Gasteiger partial charge in [-0.3, -0.25) is 19.1 Å². The third kappa shape index (κ3) is 4.77. The fourth-order valence-electron chi connectivity index (χ4n) is 3.05. The number of nitrogens with zero attached hydrogens (tertiary/aromatic N) is 1. The number of aliphatic hydroxyl groups is 2. The number of carbonyl (C=O) groups excluding carboxylic acids is 1. The molecule has 1 aromatic rings. The molecule has 0 amide bonds. The maximum atomic E-state index is 12.0. The van der Waals surface area contributed by atoms with Crippen molar-refractivity contribution in [1.82, 2.24) is 9.55 Å². The van der Waals surface area contributed by atoms with E-state index in [0.717, 1.165) is 0 Å². The molecule has 0 radical (unpaired) electrons. The molecule has 2 rings (SSSR count). The van der Waals surface area contributed by atoms with Crippen molar-refractivity contribution in [3.63, 3.8) is 0 Å². The maximum absolute atomic E-state index is 12.0. The van der Waals surface area contributed by atoms with Crippen LogP contribution in [0.5, 0.6) is 0 Å². The molecule has 2 heterocycles. The summed E-state index contributed by atoms with van der Waals surface area (Å²) in [5.74, 6) is -0.713. The Kier molecular flexibility index (Phi) is 6.91. The van der Waals surface area contributed by atoms with Crippen LogP contribution < -0.4 is 11.2 Å². The molecule has 1 aliphatic rings. The van der Waals surface area contributed by atoms with E-state index in [9.17, 15) is 24.6 Å². The summed E-state index contributed by atoms with van der Waals surface area (Å²) < 4.78 is 11.7. The second-order valence-electron chi connectivity index (χ2n) is 5.97. The minimum absolute atomic E-state index is 0.271. The number of nitrogens with one attached hydrogen (secondary N) is 1. The largest absolute Gasteiger partial charge is 0.466 e. The van der Waals surface area contributed by atoms with E-state index in [0.29, 0.717) is 25.9 Å². The first kappa shape index (κ1) is 19.4. The van der Waals surface area contributed by atoms with Crippen LogP contribution in [0, 0.1) is 5.92 Å². The third-order valence-electron chi connectivity index (χ3n) is 4.28. The van der Waals surface area contributed by atoms with Crippen molar-refractivity contribution < 1.29 is 24.5 Å². The number of aromatic amines is 1. The molecule has 0 bridgehead atoms. The number of unbranched alkanes of at least 4 members (excludes halogenated alkanes) is 1. The SMILES string of the molecule is CCOC(=O)CCCCC1C(O)[C@H](CO)O[C@@H]1n1ccc(=O)[nH]c1=O. The van der Waals surface area contributed by atoms with E-state index in [1.165, 1.54) is 16.8 Å². The topological polar surface area (TPSA) is 131 Å². The van der Waals surface area contributed by atoms with E-state index < -0.39 is 35.6 Å². The first-order chi connectivity index (χ1) is 12.0. The van der Waals surface area contributed by atoms with E-state index >= 15 is 0 Å². The van der Waals surface area contributed by atoms with Crippen LogP contribution in [0.2, 0.25) is 0 Å². The Bertz CT molecular complexity index is 684. The highest BCUT2D eigenvalue weighted by Gasteiger charge is 2.44. The number of hydrogen-bond donors (Lipinski definition) is 3. The fraction of sp³-hybridized carbons (Fsp3) is 0.688. The van der Waals surface area contributed by atoms with Gasteiger partial charge in [0, 0.05) is 24.6 Å². The van der Waals surface area contributed by atoms with E-state index in [1.54, 1.807) is 6.92 Å². The van der Waals surface area contributed by atoms with Crippen LogP contribution >= 0.6 is 0 Å². The smallest absolute Gasteiger partial charge is 0.330 e. The summed E-state index contributed by atoms with van der Waals surface area (Å²) in [6, 6.07) is 1.20. The minimum Gasteiger partial charge on any atom is -0.466 e. The fourth-order valence-corrected chi connectivity index (χ4v) is 3.05. The summed E-state index contributed by atoms with van der Waals surface area (Å²) in [7, 11) is 0. The van der Waals surface area contributed by atoms with Crippen molar-refractivity contribution in [2.24, 2.45) is 5.92 Å². The van der Waals surface area contributed by atoms with Crippen LogP contribution in [-0.2, 0) is 14.3 Å². The van der Waals surface area contributed by atoms with Gasteiger partial charge in [0.15, 0.2) is 0 Å². The van der Waals surface area contributed by atoms with Crippen LogP contribution in [0.1, 0.15) is 38.8 Å². The lowest BCUT2D eigenvalue weighted by atomic mass is 9.93. The third-order valence-corrected chi connectivity index (χ3v) is 4.28. The van der Waals surface area contributed by atoms with Crippen molar-refractivity contribution in [1.29, 1.82) is 0 Å². The first-order valence-electron chi connectivity index (χ1n) is 8.39. The van der Waals surface area contributed by atoms with Gasteiger partial charge < -0.3 is 19.7 Å². The monoisotopic (exact) mass is 356 g/mol. The first-order valence-corrected chi connectivity index (χ1v) is 8.39. The zero-order chi connectivity index (χ0) is 18.4. The average Bonchev–Trinajstić information content (AvgIpc) is 2.88. The molecule has 25 heavy (non-hydrogen) atoms. The number of esters is 1. The molecule has 1 saturated heterocycles. The Balaban J connectivity index is 2.05. The van der Waals surface area contributed by atoms with Gasteiger partial charge in [-0.1, -0.05) is 6.42 Å². The Labute approximate surface area is 144 Å². The number of aromatic nitrogens is 2. The van der Waals surface area contributed by atoms with E-state index in [2.05, 4.69) is 4.98 Å². The molecular formula is C16H24N2O7. The van der Waals surface area contributed by atoms with E-state index in [4.69, 9.17) is 9.47 Å². The summed E-state index contributed by atoms with van der Waals surface area (Å²) in [6.45, 7) is 1.70. The summed E-state index contributed by atoms with van der Waals surface area (Å²) in [4.78, 5) is 36.7. The summed E-state index contributed by atoms with van der Waals surface area (Å²) in [5.41, 5.74) is -1.16. The van der Waals surface area contributed by atoms with Crippen LogP contribution in [0.4, 0.5) is 0 Å². The van der Waals surface area contributed by atoms with Crippen molar-refractivity contribution in [2.75, 3.05) is 13.2 Å². The number of hydrogen-bond acceptors (Lipinski definition) is 7. The predicted octanol–water partition coefficient (Wildman–Crippen LogP) is -0.473. The van der Waals surface area contributed by atoms with Crippen molar-refractivity contribution >= 4 is 5.97 Å². The van der Waals surface area contributed by atoms with Gasteiger partial charge in [-0.05, 0) is 19.8 Å². The lowest BCUT2D eigenvalue weighted by Crippen LogP contribution is -2.34. The van der Waals surface area contributed by atoms with E-state index in [-0.39, 0.29) is 19.0 Å². The van der Waals surface area contributed by atoms with Crippen LogP contribution in [0.25, 0.3) is 0 Å². The normalized spacial score (nSPS) is 25.9. The van der Waals surface area contributed by atoms with Crippen LogP contribution in [-0.4, -0.2) is 51.2 Å². The van der Waals surface area contributed by atoms with E-state index in [1.807, 2.05) is 0 Å². The van der Waals surface area contributed by atoms with Gasteiger partial charge in [0.2, 0.25) is 0 Å². The average molecular weight is 356 g/mol. The van der Waals surface area contributed by atoms with Crippen LogP contribution in [0.3, 0.4) is 0 Å². The van der Waals surface area contributed by atoms with Crippen LogP contribution in [0.15, 0.2) is 21.9 Å². The zero-order valence-corrected chi connectivity index (χ0v) is 14.1. The molecule has 0 aliphatic carbocycles. The highest BCUT2D eigenvalue weighted by Crippen LogP contribution is 2.37. The van der Waals surface area contributed by atoms with Gasteiger partial charge in [0.05, 0.1) is 19.3 Å². The lowest BCUT2D eigenvalue weighted by molar-refractivity contribution is -0.143. The van der Waals surface area contributed by atoms with Crippen molar-refractivity contribution in [2.45, 2.75) is 51.0 Å². The number of aliphatic hydroxyl groups excluding tert-OH is 2. The van der Waals surface area contributed by atoms with Gasteiger partial charge in [-0.2, -0.15) is 0 Å². The summed E-state index contributed by atoms with van der Waals surface area (Å²) in [5, 5.41) is 19.7. The second-order valence-corrected chi connectivity index (χ2v) is 5.97. The molecule has 2 unspecified atom stereocenters. The standard InChI is InChI=1S/C16H24N2O7/c1-2-24-13(21)6-4-3-5-10-14(22)11(9-19)25-15(10)18-8-7-12(20)17-16(18)23/h7-8,10-11,14-15,19,22H,2-6,9H2,1H3,(H,17,20,23)/t10?,11-,14?,15-/m0/s1. The lowest BCUT2D eigenvalue weighted by Gasteiger charge is -2.21. The quantitative estimate of drug-likeness (QED) is 0.424. The minimum atomic E-state index is -0.948. The maximum Gasteiger partial charge on any atom is 0.330 e. The Hall–Kier alpha value is -1.97. The number of rotatable bonds is 8. The van der Waals surface area contributed by atoms with Gasteiger partial charge in [-0.25, -0.2) is 4.79 Å². The second kappa shape index (κ2) is 8.93. The van der Waals surface area contributed by atoms with Gasteiger partial charge >= 0.3 is 11.7 Å². The molecule has 0 spiro atoms. The molecule has 4 atom stereocenters. The molecule has 9 nitrogen and oxygen atoms in total. The zero-order valence-electron chi connectivity index (χ0n) is 14.1. The Morgan fingerprint density at radius 3 is 2.80 bits per heavy atom. The number of H-pyrrole nitrogens is 1.